The van der Waals surface area contributed by atoms with Crippen LogP contribution in [0.25, 0.3) is 0 Å². The van der Waals surface area contributed by atoms with E-state index in [1.165, 1.54) is 89.9 Å². The second kappa shape index (κ2) is 20.7. The maximum atomic E-state index is 11.7. The summed E-state index contributed by atoms with van der Waals surface area (Å²) in [6, 6.07) is 0. The van der Waals surface area contributed by atoms with E-state index in [9.17, 15) is 4.79 Å². The first-order valence-corrected chi connectivity index (χ1v) is 11.4. The molecule has 0 saturated heterocycles. The van der Waals surface area contributed by atoms with Gasteiger partial charge in [-0.15, -0.1) is 0 Å². The van der Waals surface area contributed by atoms with Gasteiger partial charge in [-0.2, -0.15) is 0 Å². The molecule has 0 rings (SSSR count). The highest BCUT2D eigenvalue weighted by Crippen LogP contribution is 2.13. The summed E-state index contributed by atoms with van der Waals surface area (Å²) < 4.78 is 5.35. The van der Waals surface area contributed by atoms with Crippen molar-refractivity contribution in [2.75, 3.05) is 6.61 Å². The Labute approximate surface area is 164 Å². The molecule has 0 aromatic carbocycles. The van der Waals surface area contributed by atoms with E-state index in [1.807, 2.05) is 13.8 Å². The van der Waals surface area contributed by atoms with Crippen molar-refractivity contribution in [1.82, 2.24) is 5.32 Å². The SMILES string of the molecule is CCCCCCCCCCCCCCCCCC(=O)N[CH]C(C)OCC. The molecule has 1 N–H and O–H groups in total. The molecule has 155 valence electrons. The molecule has 0 aliphatic heterocycles. The van der Waals surface area contributed by atoms with Crippen molar-refractivity contribution < 1.29 is 9.53 Å². The van der Waals surface area contributed by atoms with E-state index in [0.29, 0.717) is 13.0 Å². The number of nitrogens with one attached hydrogen (secondary N) is 1. The molecule has 0 aromatic rings. The predicted molar refractivity (Wildman–Crippen MR) is 113 cm³/mol. The molecule has 0 fully saturated rings. The number of ether oxygens (including phenoxy) is 1. The summed E-state index contributed by atoms with van der Waals surface area (Å²) in [5.74, 6) is 0.117. The molecular weight excluding hydrogens is 322 g/mol. The van der Waals surface area contributed by atoms with E-state index in [4.69, 9.17) is 4.74 Å². The molecule has 1 radical (unpaired) electrons. The second-order valence-electron chi connectivity index (χ2n) is 7.59. The summed E-state index contributed by atoms with van der Waals surface area (Å²) >= 11 is 0. The van der Waals surface area contributed by atoms with Crippen LogP contribution in [0.5, 0.6) is 0 Å². The maximum absolute atomic E-state index is 11.7. The molecular formula is C23H46NO2. The molecule has 0 spiro atoms. The average Bonchev–Trinajstić information content (AvgIpc) is 2.63. The minimum Gasteiger partial charge on any atom is -0.377 e. The second-order valence-corrected chi connectivity index (χ2v) is 7.59. The Balaban J connectivity index is 3.16. The molecule has 0 heterocycles. The van der Waals surface area contributed by atoms with E-state index in [1.54, 1.807) is 6.54 Å². The van der Waals surface area contributed by atoms with Gasteiger partial charge in [0, 0.05) is 13.0 Å². The first kappa shape index (κ1) is 25.4. The van der Waals surface area contributed by atoms with Crippen LogP contribution in [0, 0.1) is 6.54 Å². The van der Waals surface area contributed by atoms with Crippen LogP contribution in [0.1, 0.15) is 124 Å². The van der Waals surface area contributed by atoms with Crippen molar-refractivity contribution in [3.8, 4) is 0 Å². The topological polar surface area (TPSA) is 38.3 Å². The van der Waals surface area contributed by atoms with Gasteiger partial charge in [-0.1, -0.05) is 96.8 Å². The largest absolute Gasteiger partial charge is 0.377 e. The van der Waals surface area contributed by atoms with Gasteiger partial charge >= 0.3 is 0 Å². The van der Waals surface area contributed by atoms with Crippen LogP contribution in [0.2, 0.25) is 0 Å². The molecule has 0 aliphatic rings. The minimum absolute atomic E-state index is 0.00925. The molecule has 0 bridgehead atoms. The summed E-state index contributed by atoms with van der Waals surface area (Å²) in [6.07, 6.45) is 20.9. The highest BCUT2D eigenvalue weighted by molar-refractivity contribution is 5.76. The Kier molecular flexibility index (Phi) is 20.3. The van der Waals surface area contributed by atoms with Crippen LogP contribution in [-0.4, -0.2) is 18.6 Å². The highest BCUT2D eigenvalue weighted by Gasteiger charge is 2.05. The zero-order chi connectivity index (χ0) is 19.3. The number of carbonyl (C=O) groups excluding carboxylic acids is 1. The molecule has 1 amide bonds. The lowest BCUT2D eigenvalue weighted by Crippen LogP contribution is -2.26. The zero-order valence-corrected chi connectivity index (χ0v) is 18.0. The lowest BCUT2D eigenvalue weighted by atomic mass is 10.0. The number of unbranched alkanes of at least 4 members (excludes halogenated alkanes) is 14. The van der Waals surface area contributed by atoms with Crippen LogP contribution in [-0.2, 0) is 9.53 Å². The van der Waals surface area contributed by atoms with Gasteiger partial charge in [-0.25, -0.2) is 0 Å². The first-order chi connectivity index (χ1) is 12.7. The van der Waals surface area contributed by atoms with E-state index >= 15 is 0 Å². The lowest BCUT2D eigenvalue weighted by Gasteiger charge is -2.11. The van der Waals surface area contributed by atoms with Gasteiger partial charge in [0.25, 0.3) is 0 Å². The molecule has 0 aliphatic carbocycles. The number of amides is 1. The van der Waals surface area contributed by atoms with E-state index < -0.39 is 0 Å². The third-order valence-corrected chi connectivity index (χ3v) is 4.92. The Morgan fingerprint density at radius 2 is 1.19 bits per heavy atom. The minimum atomic E-state index is -0.00925. The van der Waals surface area contributed by atoms with Gasteiger partial charge in [0.05, 0.1) is 12.6 Å². The Morgan fingerprint density at radius 3 is 1.62 bits per heavy atom. The predicted octanol–water partition coefficient (Wildman–Crippen LogP) is 6.95. The number of hydrogen-bond acceptors (Lipinski definition) is 2. The molecule has 3 heteroatoms. The Hall–Kier alpha value is -0.570. The quantitative estimate of drug-likeness (QED) is 0.236. The van der Waals surface area contributed by atoms with Crippen LogP contribution in [0.15, 0.2) is 0 Å². The smallest absolute Gasteiger partial charge is 0.220 e. The van der Waals surface area contributed by atoms with Crippen molar-refractivity contribution in [2.45, 2.75) is 130 Å². The maximum Gasteiger partial charge on any atom is 0.220 e. The standard InChI is InChI=1S/C23H46NO2/c1-4-6-7-8-9-10-11-12-13-14-15-16-17-18-19-20-23(25)24-21-22(3)26-5-2/h21-22H,4-20H2,1-3H3,(H,24,25). The average molecular weight is 369 g/mol. The van der Waals surface area contributed by atoms with Gasteiger partial charge in [0.2, 0.25) is 5.91 Å². The fraction of sp³-hybridized carbons (Fsp3) is 0.913. The fourth-order valence-electron chi connectivity index (χ4n) is 3.25. The van der Waals surface area contributed by atoms with Crippen molar-refractivity contribution in [2.24, 2.45) is 0 Å². The lowest BCUT2D eigenvalue weighted by molar-refractivity contribution is -0.121. The van der Waals surface area contributed by atoms with Crippen LogP contribution < -0.4 is 5.32 Å². The van der Waals surface area contributed by atoms with Crippen molar-refractivity contribution in [3.63, 3.8) is 0 Å². The molecule has 0 saturated carbocycles. The van der Waals surface area contributed by atoms with Crippen LogP contribution in [0.3, 0.4) is 0 Å². The Morgan fingerprint density at radius 1 is 0.769 bits per heavy atom. The van der Waals surface area contributed by atoms with Crippen LogP contribution >= 0.6 is 0 Å². The van der Waals surface area contributed by atoms with Gasteiger partial charge in [0.15, 0.2) is 0 Å². The first-order valence-electron chi connectivity index (χ1n) is 11.4. The molecule has 3 nitrogen and oxygen atoms in total. The number of hydrogen-bond donors (Lipinski definition) is 1. The van der Waals surface area contributed by atoms with Gasteiger partial charge in [0.1, 0.15) is 0 Å². The fourth-order valence-corrected chi connectivity index (χ4v) is 3.25. The third-order valence-electron chi connectivity index (χ3n) is 4.92. The van der Waals surface area contributed by atoms with E-state index in [-0.39, 0.29) is 12.0 Å². The van der Waals surface area contributed by atoms with E-state index in [0.717, 1.165) is 6.42 Å². The summed E-state index contributed by atoms with van der Waals surface area (Å²) in [5, 5.41) is 2.83. The van der Waals surface area contributed by atoms with Crippen molar-refractivity contribution >= 4 is 5.91 Å². The summed E-state index contributed by atoms with van der Waals surface area (Å²) in [6.45, 7) is 8.60. The zero-order valence-electron chi connectivity index (χ0n) is 18.0. The van der Waals surface area contributed by atoms with Gasteiger partial charge in [-0.3, -0.25) is 4.79 Å². The summed E-state index contributed by atoms with van der Waals surface area (Å²) in [7, 11) is 0. The molecule has 26 heavy (non-hydrogen) atoms. The van der Waals surface area contributed by atoms with Crippen molar-refractivity contribution in [3.05, 3.63) is 6.54 Å². The summed E-state index contributed by atoms with van der Waals surface area (Å²) in [4.78, 5) is 11.7. The third kappa shape index (κ3) is 19.8. The molecule has 1 unspecified atom stereocenters. The van der Waals surface area contributed by atoms with Crippen LogP contribution in [0.4, 0.5) is 0 Å². The number of carbonyl (C=O) groups is 1. The summed E-state index contributed by atoms with van der Waals surface area (Å²) in [5.41, 5.74) is 0. The normalized spacial score (nSPS) is 12.3. The van der Waals surface area contributed by atoms with Gasteiger partial charge in [-0.05, 0) is 20.3 Å². The monoisotopic (exact) mass is 368 g/mol. The Bertz CT molecular complexity index is 294. The highest BCUT2D eigenvalue weighted by atomic mass is 16.5. The van der Waals surface area contributed by atoms with E-state index in [2.05, 4.69) is 12.2 Å². The van der Waals surface area contributed by atoms with Gasteiger partial charge < -0.3 is 10.1 Å². The molecule has 0 aromatic heterocycles. The molecule has 1 atom stereocenters. The van der Waals surface area contributed by atoms with Crippen molar-refractivity contribution in [1.29, 1.82) is 0 Å². The number of rotatable bonds is 20.